The van der Waals surface area contributed by atoms with Crippen LogP contribution in [0, 0.1) is 27.7 Å². The number of ketones is 1. The van der Waals surface area contributed by atoms with E-state index < -0.39 is 0 Å². The van der Waals surface area contributed by atoms with Gasteiger partial charge in [-0.25, -0.2) is 0 Å². The van der Waals surface area contributed by atoms with E-state index in [9.17, 15) is 4.79 Å². The van der Waals surface area contributed by atoms with Gasteiger partial charge in [-0.05, 0) is 70.5 Å². The minimum absolute atomic E-state index is 0.0786. The van der Waals surface area contributed by atoms with Crippen molar-refractivity contribution in [1.29, 1.82) is 0 Å². The molecule has 0 N–H and O–H groups in total. The maximum absolute atomic E-state index is 12.7. The summed E-state index contributed by atoms with van der Waals surface area (Å²) in [7, 11) is 0. The van der Waals surface area contributed by atoms with Gasteiger partial charge in [0.2, 0.25) is 11.7 Å². The molecule has 0 saturated heterocycles. The molecule has 0 radical (unpaired) electrons. The summed E-state index contributed by atoms with van der Waals surface area (Å²) in [5.41, 5.74) is 5.31. The molecule has 146 valence electrons. The average molecular weight is 379 g/mol. The van der Waals surface area contributed by atoms with Crippen LogP contribution >= 0.6 is 0 Å². The zero-order chi connectivity index (χ0) is 20.3. The molecule has 28 heavy (non-hydrogen) atoms. The van der Waals surface area contributed by atoms with Crippen molar-refractivity contribution >= 4 is 5.78 Å². The molecule has 0 spiro atoms. The molecule has 0 aliphatic heterocycles. The highest BCUT2D eigenvalue weighted by atomic mass is 16.5. The number of aryl methyl sites for hydroxylation is 3. The lowest BCUT2D eigenvalue weighted by molar-refractivity contribution is 0.0916. The zero-order valence-corrected chi connectivity index (χ0v) is 16.9. The number of benzene rings is 1. The summed E-state index contributed by atoms with van der Waals surface area (Å²) in [5, 5.41) is 8.00. The second-order valence-electron chi connectivity index (χ2n) is 6.71. The fraction of sp³-hybridized carbons (Fsp3) is 0.318. The summed E-state index contributed by atoms with van der Waals surface area (Å²) in [6.07, 6.45) is 0. The standard InChI is InChI=1S/C22H25N3O3/c1-6-27-19-9-7-18(8-10-19)25-15(3)12-20(17(25)5)21(26)13-28-22-11-14(2)16(4)23-24-22/h7-12H,6,13H2,1-5H3. The summed E-state index contributed by atoms with van der Waals surface area (Å²) >= 11 is 0. The van der Waals surface area contributed by atoms with Gasteiger partial charge < -0.3 is 14.0 Å². The van der Waals surface area contributed by atoms with Crippen LogP contribution < -0.4 is 9.47 Å². The number of hydrogen-bond acceptors (Lipinski definition) is 5. The van der Waals surface area contributed by atoms with Gasteiger partial charge in [0.25, 0.3) is 0 Å². The fourth-order valence-electron chi connectivity index (χ4n) is 3.11. The third kappa shape index (κ3) is 4.06. The molecule has 1 aromatic carbocycles. The molecule has 0 bridgehead atoms. The second-order valence-corrected chi connectivity index (χ2v) is 6.71. The summed E-state index contributed by atoms with van der Waals surface area (Å²) in [6.45, 7) is 10.2. The Bertz CT molecular complexity index is 991. The molecule has 0 saturated carbocycles. The second kappa shape index (κ2) is 8.25. The largest absolute Gasteiger partial charge is 0.494 e. The minimum Gasteiger partial charge on any atom is -0.494 e. The average Bonchev–Trinajstić information content (AvgIpc) is 2.98. The molecule has 3 aromatic rings. The van der Waals surface area contributed by atoms with Gasteiger partial charge in [0.1, 0.15) is 5.75 Å². The summed E-state index contributed by atoms with van der Waals surface area (Å²) in [6, 6.07) is 11.5. The highest BCUT2D eigenvalue weighted by Gasteiger charge is 2.17. The molecule has 3 rings (SSSR count). The Morgan fingerprint density at radius 2 is 1.71 bits per heavy atom. The number of ether oxygens (including phenoxy) is 2. The van der Waals surface area contributed by atoms with Gasteiger partial charge in [0, 0.05) is 28.7 Å². The van der Waals surface area contributed by atoms with Crippen molar-refractivity contribution in [1.82, 2.24) is 14.8 Å². The van der Waals surface area contributed by atoms with Gasteiger partial charge in [0.15, 0.2) is 6.61 Å². The Balaban J connectivity index is 1.78. The topological polar surface area (TPSA) is 66.2 Å². The van der Waals surface area contributed by atoms with Crippen molar-refractivity contribution in [3.63, 3.8) is 0 Å². The first-order chi connectivity index (χ1) is 13.4. The van der Waals surface area contributed by atoms with E-state index in [0.717, 1.165) is 34.1 Å². The van der Waals surface area contributed by atoms with Crippen molar-refractivity contribution < 1.29 is 14.3 Å². The summed E-state index contributed by atoms with van der Waals surface area (Å²) < 4.78 is 13.1. The lowest BCUT2D eigenvalue weighted by atomic mass is 10.1. The number of carbonyl (C=O) groups excluding carboxylic acids is 1. The van der Waals surface area contributed by atoms with Crippen LogP contribution in [0.1, 0.15) is 39.9 Å². The van der Waals surface area contributed by atoms with Crippen molar-refractivity contribution in [2.24, 2.45) is 0 Å². The summed E-state index contributed by atoms with van der Waals surface area (Å²) in [4.78, 5) is 12.7. The molecule has 0 atom stereocenters. The van der Waals surface area contributed by atoms with Crippen LogP contribution in [-0.4, -0.2) is 33.8 Å². The van der Waals surface area contributed by atoms with E-state index in [-0.39, 0.29) is 12.4 Å². The molecular formula is C22H25N3O3. The van der Waals surface area contributed by atoms with E-state index in [1.165, 1.54) is 0 Å². The van der Waals surface area contributed by atoms with Crippen LogP contribution in [0.4, 0.5) is 0 Å². The molecule has 6 nitrogen and oxygen atoms in total. The fourth-order valence-corrected chi connectivity index (χ4v) is 3.11. The zero-order valence-electron chi connectivity index (χ0n) is 16.9. The lowest BCUT2D eigenvalue weighted by Crippen LogP contribution is -2.14. The Kier molecular flexibility index (Phi) is 5.78. The molecule has 0 aliphatic carbocycles. The number of hydrogen-bond donors (Lipinski definition) is 0. The maximum atomic E-state index is 12.7. The van der Waals surface area contributed by atoms with Crippen molar-refractivity contribution in [2.75, 3.05) is 13.2 Å². The summed E-state index contributed by atoms with van der Waals surface area (Å²) in [5.74, 6) is 1.09. The first kappa shape index (κ1) is 19.6. The van der Waals surface area contributed by atoms with Crippen molar-refractivity contribution in [3.05, 3.63) is 64.6 Å². The number of rotatable bonds is 7. The Morgan fingerprint density at radius 3 is 2.36 bits per heavy atom. The van der Waals surface area contributed by atoms with Gasteiger partial charge in [-0.2, -0.15) is 5.10 Å². The Hall–Kier alpha value is -3.15. The number of aromatic nitrogens is 3. The van der Waals surface area contributed by atoms with Gasteiger partial charge in [-0.1, -0.05) is 0 Å². The van der Waals surface area contributed by atoms with E-state index in [0.29, 0.717) is 18.1 Å². The SMILES string of the molecule is CCOc1ccc(-n2c(C)cc(C(=O)COc3cc(C)c(C)nn3)c2C)cc1. The third-order valence-corrected chi connectivity index (χ3v) is 4.70. The van der Waals surface area contributed by atoms with Gasteiger partial charge in [-0.15, -0.1) is 5.10 Å². The Morgan fingerprint density at radius 1 is 1.00 bits per heavy atom. The first-order valence-corrected chi connectivity index (χ1v) is 9.29. The molecule has 0 unspecified atom stereocenters. The van der Waals surface area contributed by atoms with E-state index in [2.05, 4.69) is 14.8 Å². The molecule has 2 aromatic heterocycles. The van der Waals surface area contributed by atoms with Crippen LogP contribution in [-0.2, 0) is 0 Å². The molecule has 6 heteroatoms. The smallest absolute Gasteiger partial charge is 0.234 e. The maximum Gasteiger partial charge on any atom is 0.234 e. The third-order valence-electron chi connectivity index (χ3n) is 4.70. The van der Waals surface area contributed by atoms with Crippen molar-refractivity contribution in [2.45, 2.75) is 34.6 Å². The van der Waals surface area contributed by atoms with E-state index in [1.54, 1.807) is 6.07 Å². The van der Waals surface area contributed by atoms with Crippen molar-refractivity contribution in [3.8, 4) is 17.3 Å². The normalized spacial score (nSPS) is 10.8. The van der Waals surface area contributed by atoms with Crippen LogP contribution in [0.2, 0.25) is 0 Å². The molecule has 0 amide bonds. The van der Waals surface area contributed by atoms with E-state index >= 15 is 0 Å². The minimum atomic E-state index is -0.0923. The van der Waals surface area contributed by atoms with E-state index in [4.69, 9.17) is 9.47 Å². The molecule has 0 fully saturated rings. The quantitative estimate of drug-likeness (QED) is 0.577. The van der Waals surface area contributed by atoms with Gasteiger partial charge in [0.05, 0.1) is 12.3 Å². The van der Waals surface area contributed by atoms with Crippen LogP contribution in [0.5, 0.6) is 11.6 Å². The van der Waals surface area contributed by atoms with Crippen LogP contribution in [0.15, 0.2) is 36.4 Å². The van der Waals surface area contributed by atoms with Crippen LogP contribution in [0.25, 0.3) is 5.69 Å². The number of nitrogens with zero attached hydrogens (tertiary/aromatic N) is 3. The predicted molar refractivity (Wildman–Crippen MR) is 108 cm³/mol. The lowest BCUT2D eigenvalue weighted by Gasteiger charge is -2.11. The first-order valence-electron chi connectivity index (χ1n) is 9.29. The molecule has 0 aliphatic rings. The van der Waals surface area contributed by atoms with Gasteiger partial charge >= 0.3 is 0 Å². The number of carbonyl (C=O) groups is 1. The van der Waals surface area contributed by atoms with Crippen LogP contribution in [0.3, 0.4) is 0 Å². The molecular weight excluding hydrogens is 354 g/mol. The number of Topliss-reactive ketones (excluding diaryl/α,β-unsaturated/α-hetero) is 1. The predicted octanol–water partition coefficient (Wildman–Crippen LogP) is 4.16. The van der Waals surface area contributed by atoms with Gasteiger partial charge in [-0.3, -0.25) is 4.79 Å². The highest BCUT2D eigenvalue weighted by molar-refractivity contribution is 5.98. The monoisotopic (exact) mass is 379 g/mol. The van der Waals surface area contributed by atoms with E-state index in [1.807, 2.05) is 65.0 Å². The molecule has 2 heterocycles. The Labute approximate surface area is 165 Å². The highest BCUT2D eigenvalue weighted by Crippen LogP contribution is 2.23.